The maximum Gasteiger partial charge on any atom is 0.389 e. The molecule has 0 spiro atoms. The van der Waals surface area contributed by atoms with Gasteiger partial charge in [0.2, 0.25) is 0 Å². The van der Waals surface area contributed by atoms with Crippen LogP contribution in [-0.4, -0.2) is 11.3 Å². The van der Waals surface area contributed by atoms with E-state index in [0.29, 0.717) is 5.56 Å². The quantitative estimate of drug-likeness (QED) is 0.815. The molecule has 0 aliphatic heterocycles. The lowest BCUT2D eigenvalue weighted by Gasteiger charge is -2.06. The number of aryl methyl sites for hydroxylation is 1. The summed E-state index contributed by atoms with van der Waals surface area (Å²) in [6.07, 6.45) is -5.16. The van der Waals surface area contributed by atoms with Gasteiger partial charge in [0, 0.05) is 6.42 Å². The van der Waals surface area contributed by atoms with Gasteiger partial charge in [0.1, 0.15) is 5.75 Å². The van der Waals surface area contributed by atoms with E-state index in [1.807, 2.05) is 0 Å². The molecule has 1 aromatic carbocycles. The fraction of sp³-hybridized carbons (Fsp3) is 0.333. The minimum atomic E-state index is -4.16. The number of aromatic hydroxyl groups is 1. The Morgan fingerprint density at radius 1 is 1.29 bits per heavy atom. The molecule has 0 amide bonds. The Kier molecular flexibility index (Phi) is 3.26. The molecule has 1 nitrogen and oxygen atoms in total. The summed E-state index contributed by atoms with van der Waals surface area (Å²) in [6, 6.07) is 4.05. The number of hydrogen-bond donors (Lipinski definition) is 1. The van der Waals surface area contributed by atoms with Crippen LogP contribution in [0.25, 0.3) is 0 Å². The Morgan fingerprint density at radius 3 is 2.43 bits per heavy atom. The van der Waals surface area contributed by atoms with Crippen molar-refractivity contribution in [1.29, 1.82) is 0 Å². The van der Waals surface area contributed by atoms with Gasteiger partial charge in [0.05, 0.1) is 5.02 Å². The molecule has 0 radical (unpaired) electrons. The molecule has 0 aliphatic rings. The number of hydrogen-bond acceptors (Lipinski definition) is 1. The van der Waals surface area contributed by atoms with E-state index in [-0.39, 0.29) is 17.2 Å². The van der Waals surface area contributed by atoms with Crippen LogP contribution in [0.2, 0.25) is 5.02 Å². The first kappa shape index (κ1) is 11.2. The first-order chi connectivity index (χ1) is 6.38. The summed E-state index contributed by atoms with van der Waals surface area (Å²) in [5.74, 6) is -0.123. The molecule has 1 N–H and O–H groups in total. The van der Waals surface area contributed by atoms with E-state index in [2.05, 4.69) is 0 Å². The molecule has 1 aromatic rings. The average Bonchev–Trinajstić information content (AvgIpc) is 2.06. The summed E-state index contributed by atoms with van der Waals surface area (Å²) < 4.78 is 35.5. The van der Waals surface area contributed by atoms with Gasteiger partial charge in [-0.05, 0) is 24.1 Å². The van der Waals surface area contributed by atoms with Gasteiger partial charge < -0.3 is 5.11 Å². The minimum Gasteiger partial charge on any atom is -0.506 e. The van der Waals surface area contributed by atoms with Crippen LogP contribution in [0.15, 0.2) is 18.2 Å². The molecular weight excluding hydrogens is 217 g/mol. The SMILES string of the molecule is Oc1ccc(CCC(F)(F)F)cc1Cl. The highest BCUT2D eigenvalue weighted by Gasteiger charge is 2.26. The van der Waals surface area contributed by atoms with Crippen LogP contribution in [0.5, 0.6) is 5.75 Å². The van der Waals surface area contributed by atoms with Gasteiger partial charge in [-0.15, -0.1) is 0 Å². The first-order valence-electron chi connectivity index (χ1n) is 3.92. The van der Waals surface area contributed by atoms with Crippen LogP contribution < -0.4 is 0 Å². The van der Waals surface area contributed by atoms with Crippen LogP contribution in [0, 0.1) is 0 Å². The molecule has 0 saturated carbocycles. The average molecular weight is 225 g/mol. The summed E-state index contributed by atoms with van der Waals surface area (Å²) in [4.78, 5) is 0. The molecule has 0 aromatic heterocycles. The van der Waals surface area contributed by atoms with Crippen molar-refractivity contribution in [1.82, 2.24) is 0 Å². The molecule has 14 heavy (non-hydrogen) atoms. The summed E-state index contributed by atoms with van der Waals surface area (Å²) in [6.45, 7) is 0. The zero-order valence-electron chi connectivity index (χ0n) is 7.11. The summed E-state index contributed by atoms with van der Waals surface area (Å²) >= 11 is 5.53. The third-order valence-corrected chi connectivity index (χ3v) is 2.01. The molecule has 1 rings (SSSR count). The Bertz CT molecular complexity index is 322. The van der Waals surface area contributed by atoms with Crippen molar-refractivity contribution < 1.29 is 18.3 Å². The van der Waals surface area contributed by atoms with Crippen molar-refractivity contribution in [2.75, 3.05) is 0 Å². The van der Waals surface area contributed by atoms with E-state index in [1.165, 1.54) is 18.2 Å². The van der Waals surface area contributed by atoms with Crippen LogP contribution in [0.3, 0.4) is 0 Å². The lowest BCUT2D eigenvalue weighted by Crippen LogP contribution is -2.08. The number of rotatable bonds is 2. The zero-order valence-corrected chi connectivity index (χ0v) is 7.86. The van der Waals surface area contributed by atoms with Gasteiger partial charge in [-0.3, -0.25) is 0 Å². The minimum absolute atomic E-state index is 0.0738. The molecule has 0 bridgehead atoms. The second kappa shape index (κ2) is 4.09. The monoisotopic (exact) mass is 224 g/mol. The highest BCUT2D eigenvalue weighted by molar-refractivity contribution is 6.32. The highest BCUT2D eigenvalue weighted by Crippen LogP contribution is 2.27. The zero-order chi connectivity index (χ0) is 10.8. The van der Waals surface area contributed by atoms with E-state index in [9.17, 15) is 13.2 Å². The van der Waals surface area contributed by atoms with Gasteiger partial charge in [0.25, 0.3) is 0 Å². The molecule has 0 aliphatic carbocycles. The molecule has 0 unspecified atom stereocenters. The third-order valence-electron chi connectivity index (χ3n) is 1.71. The standard InChI is InChI=1S/C9H8ClF3O/c10-7-5-6(1-2-8(7)14)3-4-9(11,12)13/h1-2,5,14H,3-4H2. The molecule has 0 atom stereocenters. The Balaban J connectivity index is 2.65. The van der Waals surface area contributed by atoms with Gasteiger partial charge in [-0.25, -0.2) is 0 Å². The second-order valence-corrected chi connectivity index (χ2v) is 3.31. The van der Waals surface area contributed by atoms with Gasteiger partial charge >= 0.3 is 6.18 Å². The number of phenols is 1. The largest absolute Gasteiger partial charge is 0.506 e. The predicted octanol–water partition coefficient (Wildman–Crippen LogP) is 3.54. The predicted molar refractivity (Wildman–Crippen MR) is 47.5 cm³/mol. The molecular formula is C9H8ClF3O. The second-order valence-electron chi connectivity index (χ2n) is 2.90. The number of phenolic OH excluding ortho intramolecular Hbond substituents is 1. The Morgan fingerprint density at radius 2 is 1.93 bits per heavy atom. The normalized spacial score (nSPS) is 11.7. The summed E-state index contributed by atoms with van der Waals surface area (Å²) in [5.41, 5.74) is 0.463. The van der Waals surface area contributed by atoms with E-state index < -0.39 is 12.6 Å². The van der Waals surface area contributed by atoms with Crippen molar-refractivity contribution in [3.05, 3.63) is 28.8 Å². The van der Waals surface area contributed by atoms with Crippen molar-refractivity contribution in [2.24, 2.45) is 0 Å². The summed E-state index contributed by atoms with van der Waals surface area (Å²) in [7, 11) is 0. The van der Waals surface area contributed by atoms with Crippen molar-refractivity contribution in [2.45, 2.75) is 19.0 Å². The molecule has 0 fully saturated rings. The molecule has 5 heteroatoms. The van der Waals surface area contributed by atoms with Crippen molar-refractivity contribution in [3.63, 3.8) is 0 Å². The van der Waals surface area contributed by atoms with E-state index in [4.69, 9.17) is 16.7 Å². The fourth-order valence-electron chi connectivity index (χ4n) is 0.992. The molecule has 78 valence electrons. The Hall–Kier alpha value is -0.900. The fourth-order valence-corrected chi connectivity index (χ4v) is 1.20. The maximum absolute atomic E-state index is 11.8. The lowest BCUT2D eigenvalue weighted by atomic mass is 10.1. The first-order valence-corrected chi connectivity index (χ1v) is 4.30. The van der Waals surface area contributed by atoms with Crippen molar-refractivity contribution in [3.8, 4) is 5.75 Å². The van der Waals surface area contributed by atoms with E-state index in [1.54, 1.807) is 0 Å². The van der Waals surface area contributed by atoms with E-state index in [0.717, 1.165) is 0 Å². The molecule has 0 heterocycles. The van der Waals surface area contributed by atoms with Crippen molar-refractivity contribution >= 4 is 11.6 Å². The Labute approximate surface area is 84.1 Å². The lowest BCUT2D eigenvalue weighted by molar-refractivity contribution is -0.133. The maximum atomic E-state index is 11.8. The van der Waals surface area contributed by atoms with Gasteiger partial charge in [-0.2, -0.15) is 13.2 Å². The van der Waals surface area contributed by atoms with Crippen LogP contribution in [0.4, 0.5) is 13.2 Å². The van der Waals surface area contributed by atoms with Crippen LogP contribution in [-0.2, 0) is 6.42 Å². The topological polar surface area (TPSA) is 20.2 Å². The van der Waals surface area contributed by atoms with E-state index >= 15 is 0 Å². The molecule has 0 saturated heterocycles. The number of halogens is 4. The van der Waals surface area contributed by atoms with Gasteiger partial charge in [-0.1, -0.05) is 17.7 Å². The number of benzene rings is 1. The summed E-state index contributed by atoms with van der Waals surface area (Å²) in [5, 5.41) is 9.09. The van der Waals surface area contributed by atoms with Crippen LogP contribution in [0.1, 0.15) is 12.0 Å². The van der Waals surface area contributed by atoms with Crippen LogP contribution >= 0.6 is 11.6 Å². The van der Waals surface area contributed by atoms with Gasteiger partial charge in [0.15, 0.2) is 0 Å². The highest BCUT2D eigenvalue weighted by atomic mass is 35.5. The number of alkyl halides is 3. The smallest absolute Gasteiger partial charge is 0.389 e. The third kappa shape index (κ3) is 3.46.